The van der Waals surface area contributed by atoms with Gasteiger partial charge in [0.25, 0.3) is 5.91 Å². The molecule has 9 heteroatoms. The fraction of sp³-hybridized carbons (Fsp3) is 0.267. The van der Waals surface area contributed by atoms with E-state index in [2.05, 4.69) is 21.2 Å². The second kappa shape index (κ2) is 8.20. The van der Waals surface area contributed by atoms with E-state index in [1.54, 1.807) is 25.1 Å². The van der Waals surface area contributed by atoms with Crippen LogP contribution < -0.4 is 14.8 Å². The highest BCUT2D eigenvalue weighted by Gasteiger charge is 2.22. The van der Waals surface area contributed by atoms with Gasteiger partial charge in [0.15, 0.2) is 23.3 Å². The summed E-state index contributed by atoms with van der Waals surface area (Å²) in [6, 6.07) is 3.40. The molecule has 1 fully saturated rings. The minimum Gasteiger partial charge on any atom is -0.493 e. The van der Waals surface area contributed by atoms with Crippen molar-refractivity contribution in [2.24, 2.45) is 0 Å². The second-order valence-electron chi connectivity index (χ2n) is 4.52. The maximum atomic E-state index is 11.7. The quantitative estimate of drug-likeness (QED) is 0.548. The van der Waals surface area contributed by atoms with Crippen LogP contribution in [0.3, 0.4) is 0 Å². The molecular formula is C15H15BrN2O5S. The normalized spacial score (nSPS) is 15.4. The summed E-state index contributed by atoms with van der Waals surface area (Å²) >= 11 is 4.42. The number of esters is 1. The maximum Gasteiger partial charge on any atom is 0.344 e. The monoisotopic (exact) mass is 414 g/mol. The van der Waals surface area contributed by atoms with Crippen LogP contribution in [0, 0.1) is 5.41 Å². The van der Waals surface area contributed by atoms with Crippen LogP contribution in [0.15, 0.2) is 21.5 Å². The van der Waals surface area contributed by atoms with E-state index in [1.807, 2.05) is 0 Å². The number of nitrogens with one attached hydrogen (secondary N) is 2. The fourth-order valence-electron chi connectivity index (χ4n) is 1.89. The van der Waals surface area contributed by atoms with Crippen molar-refractivity contribution in [3.63, 3.8) is 0 Å². The molecule has 1 amide bonds. The molecule has 0 aromatic heterocycles. The van der Waals surface area contributed by atoms with Crippen molar-refractivity contribution in [1.29, 1.82) is 5.41 Å². The van der Waals surface area contributed by atoms with Crippen molar-refractivity contribution in [3.8, 4) is 11.5 Å². The van der Waals surface area contributed by atoms with Gasteiger partial charge >= 0.3 is 5.97 Å². The lowest BCUT2D eigenvalue weighted by Gasteiger charge is -2.13. The average molecular weight is 415 g/mol. The molecule has 1 saturated heterocycles. The van der Waals surface area contributed by atoms with E-state index < -0.39 is 5.97 Å². The SMILES string of the molecule is CCOC(=O)COc1c(Br)cc(/C=C2\SC(=N)NC2=O)cc1OC. The molecule has 1 aliphatic heterocycles. The summed E-state index contributed by atoms with van der Waals surface area (Å²) in [5.74, 6) is -0.0270. The predicted molar refractivity (Wildman–Crippen MR) is 94.3 cm³/mol. The average Bonchev–Trinajstić information content (AvgIpc) is 2.83. The molecule has 2 rings (SSSR count). The molecule has 0 saturated carbocycles. The van der Waals surface area contributed by atoms with Crippen molar-refractivity contribution < 1.29 is 23.8 Å². The van der Waals surface area contributed by atoms with Crippen LogP contribution in [-0.4, -0.2) is 37.4 Å². The molecule has 0 radical (unpaired) electrons. The van der Waals surface area contributed by atoms with Crippen LogP contribution >= 0.6 is 27.7 Å². The number of amides is 1. The van der Waals surface area contributed by atoms with Crippen molar-refractivity contribution in [1.82, 2.24) is 5.32 Å². The number of carbonyl (C=O) groups is 2. The third-order valence-corrected chi connectivity index (χ3v) is 4.27. The van der Waals surface area contributed by atoms with E-state index in [-0.39, 0.29) is 24.3 Å². The van der Waals surface area contributed by atoms with Gasteiger partial charge in [-0.2, -0.15) is 0 Å². The van der Waals surface area contributed by atoms with Gasteiger partial charge < -0.3 is 19.5 Å². The Morgan fingerprint density at radius 1 is 1.46 bits per heavy atom. The van der Waals surface area contributed by atoms with E-state index in [0.29, 0.717) is 26.4 Å². The first kappa shape index (κ1) is 18.3. The number of thioether (sulfide) groups is 1. The Balaban J connectivity index is 2.24. The topological polar surface area (TPSA) is 97.7 Å². The molecule has 1 aromatic carbocycles. The Bertz CT molecular complexity index is 720. The third kappa shape index (κ3) is 4.51. The van der Waals surface area contributed by atoms with Gasteiger partial charge in [-0.25, -0.2) is 4.79 Å². The van der Waals surface area contributed by atoms with Gasteiger partial charge in [0.05, 0.1) is 23.1 Å². The Hall–Kier alpha value is -2.00. The lowest BCUT2D eigenvalue weighted by atomic mass is 10.2. The zero-order chi connectivity index (χ0) is 17.7. The van der Waals surface area contributed by atoms with E-state index in [9.17, 15) is 9.59 Å². The minimum absolute atomic E-state index is 0.0895. The van der Waals surface area contributed by atoms with E-state index in [0.717, 1.165) is 11.8 Å². The lowest BCUT2D eigenvalue weighted by molar-refractivity contribution is -0.145. The minimum atomic E-state index is -0.477. The van der Waals surface area contributed by atoms with Gasteiger partial charge in [0, 0.05) is 0 Å². The maximum absolute atomic E-state index is 11.7. The number of halogens is 1. The van der Waals surface area contributed by atoms with Gasteiger partial charge in [0.2, 0.25) is 0 Å². The summed E-state index contributed by atoms with van der Waals surface area (Å²) in [5, 5.41) is 9.95. The summed E-state index contributed by atoms with van der Waals surface area (Å²) < 4.78 is 16.1. The second-order valence-corrected chi connectivity index (χ2v) is 6.43. The number of benzene rings is 1. The van der Waals surface area contributed by atoms with Crippen molar-refractivity contribution >= 4 is 50.8 Å². The summed E-state index contributed by atoms with van der Waals surface area (Å²) in [5.41, 5.74) is 0.689. The lowest BCUT2D eigenvalue weighted by Crippen LogP contribution is -2.18. The van der Waals surface area contributed by atoms with Crippen LogP contribution in [0.5, 0.6) is 11.5 Å². The van der Waals surface area contributed by atoms with Crippen molar-refractivity contribution in [2.75, 3.05) is 20.3 Å². The predicted octanol–water partition coefficient (Wildman–Crippen LogP) is 2.54. The number of amidine groups is 1. The highest BCUT2D eigenvalue weighted by Crippen LogP contribution is 2.38. The fourth-order valence-corrected chi connectivity index (χ4v) is 3.17. The summed E-state index contributed by atoms with van der Waals surface area (Å²) in [6.07, 6.45) is 1.64. The highest BCUT2D eigenvalue weighted by atomic mass is 79.9. The molecular weight excluding hydrogens is 400 g/mol. The molecule has 0 spiro atoms. The van der Waals surface area contributed by atoms with Gasteiger partial charge in [-0.05, 0) is 58.4 Å². The molecule has 1 aliphatic rings. The molecule has 0 atom stereocenters. The van der Waals surface area contributed by atoms with Gasteiger partial charge in [-0.15, -0.1) is 0 Å². The first-order chi connectivity index (χ1) is 11.4. The first-order valence-electron chi connectivity index (χ1n) is 6.90. The number of hydrogen-bond donors (Lipinski definition) is 2. The van der Waals surface area contributed by atoms with E-state index in [4.69, 9.17) is 19.6 Å². The van der Waals surface area contributed by atoms with Crippen molar-refractivity contribution in [3.05, 3.63) is 27.1 Å². The number of ether oxygens (including phenoxy) is 3. The van der Waals surface area contributed by atoms with Gasteiger partial charge in [-0.3, -0.25) is 10.2 Å². The molecule has 0 aliphatic carbocycles. The molecule has 7 nitrogen and oxygen atoms in total. The van der Waals surface area contributed by atoms with Gasteiger partial charge in [-0.1, -0.05) is 0 Å². The number of rotatable bonds is 6. The zero-order valence-corrected chi connectivity index (χ0v) is 15.4. The summed E-state index contributed by atoms with van der Waals surface area (Å²) in [7, 11) is 1.47. The number of hydrogen-bond acceptors (Lipinski definition) is 7. The third-order valence-electron chi connectivity index (χ3n) is 2.85. The Kier molecular flexibility index (Phi) is 6.27. The number of carbonyl (C=O) groups excluding carboxylic acids is 2. The molecule has 128 valence electrons. The summed E-state index contributed by atoms with van der Waals surface area (Å²) in [4.78, 5) is 23.5. The van der Waals surface area contributed by atoms with Crippen LogP contribution in [0.1, 0.15) is 12.5 Å². The Labute approximate surface area is 151 Å². The molecule has 0 bridgehead atoms. The summed E-state index contributed by atoms with van der Waals surface area (Å²) in [6.45, 7) is 1.76. The van der Waals surface area contributed by atoms with E-state index >= 15 is 0 Å². The van der Waals surface area contributed by atoms with Crippen LogP contribution in [0.2, 0.25) is 0 Å². The molecule has 2 N–H and O–H groups in total. The van der Waals surface area contributed by atoms with Crippen molar-refractivity contribution in [2.45, 2.75) is 6.92 Å². The number of methoxy groups -OCH3 is 1. The Morgan fingerprint density at radius 2 is 2.21 bits per heavy atom. The Morgan fingerprint density at radius 3 is 2.79 bits per heavy atom. The first-order valence-corrected chi connectivity index (χ1v) is 8.51. The van der Waals surface area contributed by atoms with Gasteiger partial charge in [0.1, 0.15) is 0 Å². The largest absolute Gasteiger partial charge is 0.493 e. The standard InChI is InChI=1S/C15H15BrN2O5S/c1-3-22-12(19)7-23-13-9(16)4-8(5-10(13)21-2)6-11-14(20)18-15(17)24-11/h4-6H,3,7H2,1-2H3,(H2,17,18,20)/b11-6-. The molecule has 1 heterocycles. The van der Waals surface area contributed by atoms with E-state index in [1.165, 1.54) is 7.11 Å². The van der Waals surface area contributed by atoms with Crippen LogP contribution in [0.4, 0.5) is 0 Å². The van der Waals surface area contributed by atoms with Crippen LogP contribution in [0.25, 0.3) is 6.08 Å². The molecule has 1 aromatic rings. The zero-order valence-electron chi connectivity index (χ0n) is 13.0. The molecule has 0 unspecified atom stereocenters. The smallest absolute Gasteiger partial charge is 0.344 e. The molecule has 24 heavy (non-hydrogen) atoms. The highest BCUT2D eigenvalue weighted by molar-refractivity contribution is 9.10. The van der Waals surface area contributed by atoms with Crippen LogP contribution in [-0.2, 0) is 14.3 Å².